The van der Waals surface area contributed by atoms with Gasteiger partial charge in [0.15, 0.2) is 0 Å². The van der Waals surface area contributed by atoms with E-state index in [1.54, 1.807) is 7.05 Å². The number of nitrogens with one attached hydrogen (secondary N) is 1. The monoisotopic (exact) mass is 184 g/mol. The molecule has 1 aliphatic rings. The Hall–Kier alpha value is -1.06. The smallest absolute Gasteiger partial charge is 0.224 e. The van der Waals surface area contributed by atoms with Gasteiger partial charge >= 0.3 is 0 Å². The lowest BCUT2D eigenvalue weighted by atomic mass is 9.85. The summed E-state index contributed by atoms with van der Waals surface area (Å²) in [5.74, 6) is -0.642. The zero-order valence-electron chi connectivity index (χ0n) is 8.09. The maximum absolute atomic E-state index is 11.4. The van der Waals surface area contributed by atoms with Gasteiger partial charge in [-0.25, -0.2) is 0 Å². The summed E-state index contributed by atoms with van der Waals surface area (Å²) >= 11 is 0. The molecule has 0 saturated heterocycles. The molecule has 4 heteroatoms. The summed E-state index contributed by atoms with van der Waals surface area (Å²) < 4.78 is 0. The second kappa shape index (κ2) is 3.36. The average molecular weight is 184 g/mol. The molecule has 0 spiro atoms. The van der Waals surface area contributed by atoms with Crippen molar-refractivity contribution in [3.8, 4) is 0 Å². The minimum atomic E-state index is -0.533. The molecule has 1 atom stereocenters. The van der Waals surface area contributed by atoms with E-state index in [2.05, 4.69) is 5.32 Å². The van der Waals surface area contributed by atoms with Crippen LogP contribution in [0.4, 0.5) is 0 Å². The van der Waals surface area contributed by atoms with Crippen LogP contribution in [0.3, 0.4) is 0 Å². The number of hydrogen-bond acceptors (Lipinski definition) is 2. The third kappa shape index (κ3) is 1.53. The van der Waals surface area contributed by atoms with E-state index in [9.17, 15) is 9.59 Å². The van der Waals surface area contributed by atoms with Crippen LogP contribution < -0.4 is 11.1 Å². The Morgan fingerprint density at radius 3 is 2.31 bits per heavy atom. The van der Waals surface area contributed by atoms with Crippen molar-refractivity contribution in [1.82, 2.24) is 5.32 Å². The lowest BCUT2D eigenvalue weighted by Gasteiger charge is -2.20. The van der Waals surface area contributed by atoms with Gasteiger partial charge in [-0.3, -0.25) is 9.59 Å². The molecule has 0 aromatic rings. The molecule has 1 saturated carbocycles. The molecular formula is C9H16N2O2. The van der Waals surface area contributed by atoms with E-state index in [0.29, 0.717) is 6.42 Å². The van der Waals surface area contributed by atoms with E-state index in [1.165, 1.54) is 0 Å². The second-order valence-corrected chi connectivity index (χ2v) is 3.60. The topological polar surface area (TPSA) is 72.2 Å². The lowest BCUT2D eigenvalue weighted by Crippen LogP contribution is -2.40. The molecule has 0 aromatic carbocycles. The van der Waals surface area contributed by atoms with Crippen LogP contribution >= 0.6 is 0 Å². The predicted octanol–water partition coefficient (Wildman–Crippen LogP) is 0.0241. The van der Waals surface area contributed by atoms with Crippen molar-refractivity contribution in [1.29, 1.82) is 0 Å². The molecule has 4 nitrogen and oxygen atoms in total. The van der Waals surface area contributed by atoms with Crippen molar-refractivity contribution in [3.05, 3.63) is 0 Å². The maximum Gasteiger partial charge on any atom is 0.224 e. The van der Waals surface area contributed by atoms with Crippen LogP contribution in [0.15, 0.2) is 0 Å². The highest BCUT2D eigenvalue weighted by atomic mass is 16.2. The van der Waals surface area contributed by atoms with Crippen molar-refractivity contribution in [2.75, 3.05) is 7.05 Å². The SMILES string of the molecule is CCC(C(=O)NC)C1(C(N)=O)CC1. The summed E-state index contributed by atoms with van der Waals surface area (Å²) in [5, 5.41) is 2.57. The van der Waals surface area contributed by atoms with Gasteiger partial charge in [0.2, 0.25) is 11.8 Å². The summed E-state index contributed by atoms with van der Waals surface area (Å²) in [6.45, 7) is 1.91. The molecule has 13 heavy (non-hydrogen) atoms. The van der Waals surface area contributed by atoms with Crippen molar-refractivity contribution < 1.29 is 9.59 Å². The number of rotatable bonds is 4. The molecule has 74 valence electrons. The number of hydrogen-bond donors (Lipinski definition) is 2. The van der Waals surface area contributed by atoms with Gasteiger partial charge in [0, 0.05) is 7.05 Å². The summed E-state index contributed by atoms with van der Waals surface area (Å²) in [7, 11) is 1.59. The first kappa shape index (κ1) is 10.0. The molecule has 1 rings (SSSR count). The van der Waals surface area contributed by atoms with E-state index in [-0.39, 0.29) is 17.7 Å². The fourth-order valence-electron chi connectivity index (χ4n) is 1.90. The molecule has 0 heterocycles. The third-order valence-electron chi connectivity index (χ3n) is 2.92. The number of carbonyl (C=O) groups is 2. The van der Waals surface area contributed by atoms with E-state index in [1.807, 2.05) is 6.92 Å². The first-order chi connectivity index (χ1) is 6.08. The van der Waals surface area contributed by atoms with Crippen LogP contribution in [0.5, 0.6) is 0 Å². The molecular weight excluding hydrogens is 168 g/mol. The summed E-state index contributed by atoms with van der Waals surface area (Å²) in [4.78, 5) is 22.6. The normalized spacial score (nSPS) is 20.5. The van der Waals surface area contributed by atoms with Gasteiger partial charge in [-0.2, -0.15) is 0 Å². The zero-order valence-corrected chi connectivity index (χ0v) is 8.09. The fraction of sp³-hybridized carbons (Fsp3) is 0.778. The lowest BCUT2D eigenvalue weighted by molar-refractivity contribution is -0.134. The van der Waals surface area contributed by atoms with Gasteiger partial charge in [-0.1, -0.05) is 6.92 Å². The van der Waals surface area contributed by atoms with Crippen molar-refractivity contribution in [3.63, 3.8) is 0 Å². The highest BCUT2D eigenvalue weighted by Crippen LogP contribution is 2.52. The third-order valence-corrected chi connectivity index (χ3v) is 2.92. The largest absolute Gasteiger partial charge is 0.369 e. The van der Waals surface area contributed by atoms with Crippen molar-refractivity contribution in [2.45, 2.75) is 26.2 Å². The van der Waals surface area contributed by atoms with Crippen LogP contribution in [0.25, 0.3) is 0 Å². The van der Waals surface area contributed by atoms with Gasteiger partial charge in [0.1, 0.15) is 0 Å². The minimum absolute atomic E-state index is 0.0706. The van der Waals surface area contributed by atoms with Crippen LogP contribution in [0.1, 0.15) is 26.2 Å². The van der Waals surface area contributed by atoms with Crippen LogP contribution in [0.2, 0.25) is 0 Å². The Morgan fingerprint density at radius 1 is 1.54 bits per heavy atom. The molecule has 1 fully saturated rings. The molecule has 1 aliphatic carbocycles. The Kier molecular flexibility index (Phi) is 2.59. The Balaban J connectivity index is 2.77. The number of carbonyl (C=O) groups excluding carboxylic acids is 2. The average Bonchev–Trinajstić information content (AvgIpc) is 2.86. The Labute approximate surface area is 77.9 Å². The molecule has 2 amide bonds. The highest BCUT2D eigenvalue weighted by Gasteiger charge is 2.56. The predicted molar refractivity (Wildman–Crippen MR) is 48.7 cm³/mol. The van der Waals surface area contributed by atoms with E-state index < -0.39 is 5.41 Å². The minimum Gasteiger partial charge on any atom is -0.369 e. The van der Waals surface area contributed by atoms with Crippen LogP contribution in [-0.2, 0) is 9.59 Å². The van der Waals surface area contributed by atoms with Crippen LogP contribution in [-0.4, -0.2) is 18.9 Å². The van der Waals surface area contributed by atoms with Gasteiger partial charge in [0.05, 0.1) is 11.3 Å². The van der Waals surface area contributed by atoms with Gasteiger partial charge in [-0.05, 0) is 19.3 Å². The fourth-order valence-corrected chi connectivity index (χ4v) is 1.90. The first-order valence-corrected chi connectivity index (χ1v) is 4.60. The van der Waals surface area contributed by atoms with Gasteiger partial charge in [-0.15, -0.1) is 0 Å². The van der Waals surface area contributed by atoms with Crippen molar-refractivity contribution >= 4 is 11.8 Å². The molecule has 1 unspecified atom stereocenters. The van der Waals surface area contributed by atoms with Gasteiger partial charge in [0.25, 0.3) is 0 Å². The first-order valence-electron chi connectivity index (χ1n) is 4.60. The number of primary amides is 1. The van der Waals surface area contributed by atoms with Crippen molar-refractivity contribution in [2.24, 2.45) is 17.1 Å². The molecule has 0 aromatic heterocycles. The highest BCUT2D eigenvalue weighted by molar-refractivity contribution is 5.91. The standard InChI is InChI=1S/C9H16N2O2/c1-3-6(7(12)11-2)9(4-5-9)8(10)13/h6H,3-5H2,1-2H3,(H2,10,13)(H,11,12). The summed E-state index contributed by atoms with van der Waals surface area (Å²) in [6.07, 6.45) is 2.19. The Morgan fingerprint density at radius 2 is 2.08 bits per heavy atom. The molecule has 0 radical (unpaired) electrons. The molecule has 0 aliphatic heterocycles. The summed E-state index contributed by atoms with van der Waals surface area (Å²) in [5.41, 5.74) is 4.75. The van der Waals surface area contributed by atoms with E-state index in [4.69, 9.17) is 5.73 Å². The number of amides is 2. The summed E-state index contributed by atoms with van der Waals surface area (Å²) in [6, 6.07) is 0. The second-order valence-electron chi connectivity index (χ2n) is 3.60. The Bertz CT molecular complexity index is 234. The van der Waals surface area contributed by atoms with E-state index >= 15 is 0 Å². The van der Waals surface area contributed by atoms with Gasteiger partial charge < -0.3 is 11.1 Å². The zero-order chi connectivity index (χ0) is 10.1. The maximum atomic E-state index is 11.4. The molecule has 0 bridgehead atoms. The van der Waals surface area contributed by atoms with Crippen LogP contribution in [0, 0.1) is 11.3 Å². The number of nitrogens with two attached hydrogens (primary N) is 1. The molecule has 3 N–H and O–H groups in total. The van der Waals surface area contributed by atoms with E-state index in [0.717, 1.165) is 12.8 Å². The quantitative estimate of drug-likeness (QED) is 0.646.